The third kappa shape index (κ3) is 5.54. The standard InChI is InChI=1S/C21H26N2O7/c1-5-30-20(25)17(18(24)13-9-7-6-8-10-13)23-21(26)22-14-11-15(27-2)19(29-4)16(12-14)28-3/h6-12,17-18,24H,5H2,1-4H3,(H2,22,23,26). The highest BCUT2D eigenvalue weighted by molar-refractivity contribution is 5.93. The van der Waals surface area contributed by atoms with Gasteiger partial charge >= 0.3 is 12.0 Å². The van der Waals surface area contributed by atoms with E-state index in [2.05, 4.69) is 10.6 Å². The largest absolute Gasteiger partial charge is 0.493 e. The lowest BCUT2D eigenvalue weighted by Crippen LogP contribution is -2.47. The zero-order valence-electron chi connectivity index (χ0n) is 17.3. The Morgan fingerprint density at radius 1 is 1.00 bits per heavy atom. The Morgan fingerprint density at radius 3 is 2.10 bits per heavy atom. The zero-order valence-corrected chi connectivity index (χ0v) is 17.3. The molecule has 0 spiro atoms. The first-order valence-corrected chi connectivity index (χ1v) is 9.22. The van der Waals surface area contributed by atoms with Crippen LogP contribution in [0, 0.1) is 0 Å². The second-order valence-electron chi connectivity index (χ2n) is 6.10. The fraction of sp³-hybridized carbons (Fsp3) is 0.333. The molecular formula is C21H26N2O7. The van der Waals surface area contributed by atoms with Crippen LogP contribution in [0.3, 0.4) is 0 Å². The first-order chi connectivity index (χ1) is 14.4. The summed E-state index contributed by atoms with van der Waals surface area (Å²) in [5.41, 5.74) is 0.794. The lowest BCUT2D eigenvalue weighted by Gasteiger charge is -2.23. The van der Waals surface area contributed by atoms with E-state index in [0.717, 1.165) is 0 Å². The van der Waals surface area contributed by atoms with Crippen LogP contribution in [0.15, 0.2) is 42.5 Å². The van der Waals surface area contributed by atoms with E-state index in [0.29, 0.717) is 28.5 Å². The Labute approximate surface area is 174 Å². The number of aliphatic hydroxyl groups is 1. The number of hydrogen-bond donors (Lipinski definition) is 3. The summed E-state index contributed by atoms with van der Waals surface area (Å²) in [5.74, 6) is 0.306. The molecule has 0 aliphatic heterocycles. The van der Waals surface area contributed by atoms with Crippen molar-refractivity contribution in [3.63, 3.8) is 0 Å². The van der Waals surface area contributed by atoms with Gasteiger partial charge in [-0.15, -0.1) is 0 Å². The lowest BCUT2D eigenvalue weighted by molar-refractivity contribution is -0.148. The Hall–Kier alpha value is -3.46. The second kappa shape index (κ2) is 10.9. The number of urea groups is 1. The molecule has 0 aliphatic carbocycles. The van der Waals surface area contributed by atoms with E-state index >= 15 is 0 Å². The quantitative estimate of drug-likeness (QED) is 0.536. The van der Waals surface area contributed by atoms with Crippen LogP contribution in [0.4, 0.5) is 10.5 Å². The van der Waals surface area contributed by atoms with E-state index in [1.807, 2.05) is 0 Å². The molecule has 2 unspecified atom stereocenters. The highest BCUT2D eigenvalue weighted by Crippen LogP contribution is 2.39. The zero-order chi connectivity index (χ0) is 22.1. The Bertz CT molecular complexity index is 833. The van der Waals surface area contributed by atoms with Gasteiger partial charge in [-0.25, -0.2) is 9.59 Å². The number of aliphatic hydroxyl groups excluding tert-OH is 1. The van der Waals surface area contributed by atoms with Crippen LogP contribution >= 0.6 is 0 Å². The number of carbonyl (C=O) groups excluding carboxylic acids is 2. The van der Waals surface area contributed by atoms with Crippen molar-refractivity contribution in [1.82, 2.24) is 5.32 Å². The van der Waals surface area contributed by atoms with Crippen molar-refractivity contribution >= 4 is 17.7 Å². The highest BCUT2D eigenvalue weighted by atomic mass is 16.5. The van der Waals surface area contributed by atoms with E-state index in [-0.39, 0.29) is 6.61 Å². The van der Waals surface area contributed by atoms with E-state index in [1.54, 1.807) is 37.3 Å². The molecule has 2 rings (SSSR count). The van der Waals surface area contributed by atoms with Crippen molar-refractivity contribution in [3.05, 3.63) is 48.0 Å². The molecule has 0 saturated heterocycles. The van der Waals surface area contributed by atoms with E-state index in [9.17, 15) is 14.7 Å². The summed E-state index contributed by atoms with van der Waals surface area (Å²) >= 11 is 0. The average Bonchev–Trinajstić information content (AvgIpc) is 2.76. The van der Waals surface area contributed by atoms with Gasteiger partial charge in [0.1, 0.15) is 6.10 Å². The molecule has 30 heavy (non-hydrogen) atoms. The molecule has 0 saturated carbocycles. The maximum Gasteiger partial charge on any atom is 0.331 e. The summed E-state index contributed by atoms with van der Waals surface area (Å²) < 4.78 is 20.8. The number of methoxy groups -OCH3 is 3. The number of nitrogens with one attached hydrogen (secondary N) is 2. The van der Waals surface area contributed by atoms with Crippen molar-refractivity contribution in [2.45, 2.75) is 19.1 Å². The summed E-state index contributed by atoms with van der Waals surface area (Å²) in [6.45, 7) is 1.74. The molecular weight excluding hydrogens is 392 g/mol. The van der Waals surface area contributed by atoms with Crippen LogP contribution in [0.25, 0.3) is 0 Å². The Morgan fingerprint density at radius 2 is 1.60 bits per heavy atom. The number of amides is 2. The van der Waals surface area contributed by atoms with Crippen LogP contribution in [0.5, 0.6) is 17.2 Å². The third-order valence-corrected chi connectivity index (χ3v) is 4.21. The molecule has 9 nitrogen and oxygen atoms in total. The number of hydrogen-bond acceptors (Lipinski definition) is 7. The van der Waals surface area contributed by atoms with Gasteiger partial charge in [-0.2, -0.15) is 0 Å². The second-order valence-corrected chi connectivity index (χ2v) is 6.10. The Kier molecular flexibility index (Phi) is 8.30. The molecule has 0 fully saturated rings. The van der Waals surface area contributed by atoms with Gasteiger partial charge < -0.3 is 34.7 Å². The maximum atomic E-state index is 12.6. The minimum absolute atomic E-state index is 0.104. The van der Waals surface area contributed by atoms with Crippen molar-refractivity contribution in [2.75, 3.05) is 33.3 Å². The highest BCUT2D eigenvalue weighted by Gasteiger charge is 2.31. The van der Waals surface area contributed by atoms with Crippen LogP contribution in [0.2, 0.25) is 0 Å². The summed E-state index contributed by atoms with van der Waals surface area (Å²) in [7, 11) is 4.37. The van der Waals surface area contributed by atoms with Crippen LogP contribution in [-0.2, 0) is 9.53 Å². The molecule has 0 radical (unpaired) electrons. The van der Waals surface area contributed by atoms with Gasteiger partial charge in [-0.3, -0.25) is 0 Å². The lowest BCUT2D eigenvalue weighted by atomic mass is 10.0. The van der Waals surface area contributed by atoms with Crippen LogP contribution in [0.1, 0.15) is 18.6 Å². The number of esters is 1. The molecule has 0 aromatic heterocycles. The molecule has 0 heterocycles. The predicted molar refractivity (Wildman–Crippen MR) is 110 cm³/mol. The average molecular weight is 418 g/mol. The van der Waals surface area contributed by atoms with Crippen LogP contribution in [-0.4, -0.2) is 51.1 Å². The fourth-order valence-corrected chi connectivity index (χ4v) is 2.80. The number of anilines is 1. The molecule has 0 aliphatic rings. The molecule has 0 bridgehead atoms. The van der Waals surface area contributed by atoms with E-state index < -0.39 is 24.1 Å². The number of carbonyl (C=O) groups is 2. The molecule has 2 amide bonds. The summed E-state index contributed by atoms with van der Waals surface area (Å²) in [6.07, 6.45) is -1.30. The van der Waals surface area contributed by atoms with E-state index in [4.69, 9.17) is 18.9 Å². The Balaban J connectivity index is 2.22. The SMILES string of the molecule is CCOC(=O)C(NC(=O)Nc1cc(OC)c(OC)c(OC)c1)C(O)c1ccccc1. The number of rotatable bonds is 9. The third-order valence-electron chi connectivity index (χ3n) is 4.21. The molecule has 2 aromatic carbocycles. The topological polar surface area (TPSA) is 115 Å². The van der Waals surface area contributed by atoms with Crippen molar-refractivity contribution in [2.24, 2.45) is 0 Å². The normalized spacial score (nSPS) is 12.3. The first kappa shape index (κ1) is 22.8. The van der Waals surface area contributed by atoms with Gasteiger partial charge in [0.2, 0.25) is 5.75 Å². The minimum atomic E-state index is -1.31. The van der Waals surface area contributed by atoms with Gasteiger partial charge in [0, 0.05) is 12.1 Å². The summed E-state index contributed by atoms with van der Waals surface area (Å²) in [5, 5.41) is 15.7. The van der Waals surface area contributed by atoms with Gasteiger partial charge in [0.05, 0.1) is 33.6 Å². The number of benzene rings is 2. The van der Waals surface area contributed by atoms with E-state index in [1.165, 1.54) is 33.5 Å². The van der Waals surface area contributed by atoms with Crippen molar-refractivity contribution in [3.8, 4) is 17.2 Å². The van der Waals surface area contributed by atoms with Gasteiger partial charge in [-0.05, 0) is 12.5 Å². The summed E-state index contributed by atoms with van der Waals surface area (Å²) in [6, 6.07) is 9.55. The molecule has 2 aromatic rings. The minimum Gasteiger partial charge on any atom is -0.493 e. The van der Waals surface area contributed by atoms with Gasteiger partial charge in [0.25, 0.3) is 0 Å². The van der Waals surface area contributed by atoms with Crippen molar-refractivity contribution in [1.29, 1.82) is 0 Å². The molecule has 162 valence electrons. The smallest absolute Gasteiger partial charge is 0.331 e. The van der Waals surface area contributed by atoms with Gasteiger partial charge in [0.15, 0.2) is 17.5 Å². The number of ether oxygens (including phenoxy) is 4. The summed E-state index contributed by atoms with van der Waals surface area (Å²) in [4.78, 5) is 24.9. The fourth-order valence-electron chi connectivity index (χ4n) is 2.80. The maximum absolute atomic E-state index is 12.6. The molecule has 2 atom stereocenters. The monoisotopic (exact) mass is 418 g/mol. The molecule has 3 N–H and O–H groups in total. The predicted octanol–water partition coefficient (Wildman–Crippen LogP) is 2.50. The van der Waals surface area contributed by atoms with Gasteiger partial charge in [-0.1, -0.05) is 30.3 Å². The first-order valence-electron chi connectivity index (χ1n) is 9.22. The molecule has 9 heteroatoms. The van der Waals surface area contributed by atoms with Crippen LogP contribution < -0.4 is 24.8 Å². The van der Waals surface area contributed by atoms with Crippen molar-refractivity contribution < 1.29 is 33.6 Å².